The summed E-state index contributed by atoms with van der Waals surface area (Å²) >= 11 is 0. The molecule has 1 aliphatic heterocycles. The lowest BCUT2D eigenvalue weighted by Gasteiger charge is -2.02. The molecule has 0 aliphatic carbocycles. The minimum atomic E-state index is -1.40. The van der Waals surface area contributed by atoms with Gasteiger partial charge in [0.25, 0.3) is 5.69 Å². The highest BCUT2D eigenvalue weighted by molar-refractivity contribution is 8.08. The molecule has 2 unspecified atom stereocenters. The van der Waals surface area contributed by atoms with E-state index < -0.39 is 26.9 Å². The molecule has 0 aromatic heterocycles. The van der Waals surface area contributed by atoms with Gasteiger partial charge in [-0.25, -0.2) is 0 Å². The van der Waals surface area contributed by atoms with Crippen LogP contribution in [0.5, 0.6) is 0 Å². The zero-order valence-electron chi connectivity index (χ0n) is 10.9. The van der Waals surface area contributed by atoms with Gasteiger partial charge in [-0.05, 0) is 40.2 Å². The highest BCUT2D eigenvalue weighted by Crippen LogP contribution is 2.31. The van der Waals surface area contributed by atoms with Gasteiger partial charge in [-0.2, -0.15) is 0 Å². The lowest BCUT2D eigenvalue weighted by molar-refractivity contribution is -0.384. The average Bonchev–Trinajstić information content (AvgIpc) is 2.83. The molecule has 3 rings (SSSR count). The van der Waals surface area contributed by atoms with Crippen molar-refractivity contribution in [3.05, 3.63) is 67.7 Å². The van der Waals surface area contributed by atoms with Crippen LogP contribution in [-0.2, 0) is 22.0 Å². The van der Waals surface area contributed by atoms with Gasteiger partial charge in [-0.1, -0.05) is 12.1 Å². The molecule has 0 N–H and O–H groups in total. The summed E-state index contributed by atoms with van der Waals surface area (Å²) < 4.78 is 25.6. The summed E-state index contributed by atoms with van der Waals surface area (Å²) in [4.78, 5) is 13.6. The second-order valence-electron chi connectivity index (χ2n) is 3.90. The van der Waals surface area contributed by atoms with Crippen molar-refractivity contribution >= 4 is 33.3 Å². The number of nitro groups is 1. The third-order valence-electron chi connectivity index (χ3n) is 2.52. The maximum Gasteiger partial charge on any atom is 0.391 e. The van der Waals surface area contributed by atoms with Crippen molar-refractivity contribution in [1.82, 2.24) is 0 Å². The van der Waals surface area contributed by atoms with Crippen LogP contribution in [0.15, 0.2) is 58.3 Å². The van der Waals surface area contributed by atoms with E-state index in [1.807, 2.05) is 0 Å². The fraction of sp³-hybridized carbons (Fsp3) is 0. The quantitative estimate of drug-likeness (QED) is 0.450. The molecule has 2 aromatic rings. The molecule has 2 aromatic carbocycles. The van der Waals surface area contributed by atoms with Gasteiger partial charge < -0.3 is 4.13 Å². The molecule has 22 heavy (non-hydrogen) atoms. The van der Waals surface area contributed by atoms with E-state index in [1.54, 1.807) is 24.3 Å². The third kappa shape index (κ3) is 3.59. The number of hydrogen-bond acceptors (Lipinski definition) is 5. The molecule has 2 atom stereocenters. The standard InChI is InChI=1S/C6H4N3O2.C6H4NO2S2/c7-8-5-2-1-3-6(4-5)9(10)11;8-10-5-3-1-2-4-6(5)11(9)7-10/h2*1-4H/q+1;-1. The van der Waals surface area contributed by atoms with E-state index in [-0.39, 0.29) is 11.4 Å². The molecule has 8 nitrogen and oxygen atoms in total. The summed E-state index contributed by atoms with van der Waals surface area (Å²) in [6.45, 7) is 0. The summed E-state index contributed by atoms with van der Waals surface area (Å²) in [5.74, 6) is 0. The topological polar surface area (TPSA) is 120 Å². The summed E-state index contributed by atoms with van der Waals surface area (Å²) in [5, 5.41) is 18.4. The monoisotopic (exact) mass is 336 g/mol. The largest absolute Gasteiger partial charge is 0.482 e. The van der Waals surface area contributed by atoms with E-state index in [0.29, 0.717) is 9.79 Å². The van der Waals surface area contributed by atoms with E-state index >= 15 is 0 Å². The fourth-order valence-electron chi connectivity index (χ4n) is 1.55. The Bertz CT molecular complexity index is 786. The average molecular weight is 336 g/mol. The minimum Gasteiger partial charge on any atom is -0.482 e. The number of rotatable bonds is 1. The molecule has 0 radical (unpaired) electrons. The Morgan fingerprint density at radius 2 is 1.64 bits per heavy atom. The number of diazo groups is 1. The number of non-ortho nitro benzene ring substituents is 1. The van der Waals surface area contributed by atoms with Crippen LogP contribution < -0.4 is 0 Å². The first-order valence-electron chi connectivity index (χ1n) is 5.77. The Morgan fingerprint density at radius 3 is 2.14 bits per heavy atom. The van der Waals surface area contributed by atoms with Crippen LogP contribution in [0.1, 0.15) is 0 Å². The van der Waals surface area contributed by atoms with Crippen LogP contribution in [0.2, 0.25) is 0 Å². The number of fused-ring (bicyclic) bond motifs is 1. The molecule has 1 aliphatic rings. The second kappa shape index (κ2) is 6.99. The van der Waals surface area contributed by atoms with Crippen molar-refractivity contribution in [1.29, 1.82) is 5.39 Å². The highest BCUT2D eigenvalue weighted by Gasteiger charge is 2.12. The van der Waals surface area contributed by atoms with Crippen molar-refractivity contribution in [2.45, 2.75) is 9.79 Å². The number of nitrogens with zero attached hydrogens (tertiary/aromatic N) is 4. The molecule has 0 bridgehead atoms. The molecular weight excluding hydrogens is 328 g/mol. The molecule has 0 saturated heterocycles. The maximum absolute atomic E-state index is 11.0. The van der Waals surface area contributed by atoms with Gasteiger partial charge in [0.1, 0.15) is 6.07 Å². The van der Waals surface area contributed by atoms with E-state index in [4.69, 9.17) is 5.39 Å². The zero-order valence-corrected chi connectivity index (χ0v) is 12.5. The van der Waals surface area contributed by atoms with Gasteiger partial charge in [0.15, 0.2) is 4.98 Å². The van der Waals surface area contributed by atoms with Crippen LogP contribution >= 0.6 is 0 Å². The number of hydrogen-bond donors (Lipinski definition) is 0. The van der Waals surface area contributed by atoms with Gasteiger partial charge in [0, 0.05) is 21.9 Å². The van der Waals surface area contributed by atoms with Crippen molar-refractivity contribution < 1.29 is 13.3 Å². The van der Waals surface area contributed by atoms with E-state index in [2.05, 4.69) is 9.10 Å². The van der Waals surface area contributed by atoms with Gasteiger partial charge >= 0.3 is 5.69 Å². The second-order valence-corrected chi connectivity index (χ2v) is 6.37. The maximum atomic E-state index is 11.0. The lowest BCUT2D eigenvalue weighted by atomic mass is 10.3. The predicted octanol–water partition coefficient (Wildman–Crippen LogP) is 3.20. The molecule has 0 amide bonds. The van der Waals surface area contributed by atoms with Gasteiger partial charge in [-0.15, -0.1) is 0 Å². The predicted molar refractivity (Wildman–Crippen MR) is 80.5 cm³/mol. The molecule has 0 fully saturated rings. The first-order valence-corrected chi connectivity index (χ1v) is 7.98. The van der Waals surface area contributed by atoms with Crippen molar-refractivity contribution in [2.24, 2.45) is 0 Å². The lowest BCUT2D eigenvalue weighted by Crippen LogP contribution is -1.85. The minimum absolute atomic E-state index is 0.0831. The molecule has 10 heteroatoms. The number of benzene rings is 2. The Balaban J connectivity index is 0.000000160. The third-order valence-corrected chi connectivity index (χ3v) is 5.19. The first kappa shape index (κ1) is 15.9. The Hall–Kier alpha value is -2.48. The normalized spacial score (nSPS) is 18.5. The summed E-state index contributed by atoms with van der Waals surface area (Å²) in [5.41, 5.74) is 0.0968. The van der Waals surface area contributed by atoms with Crippen LogP contribution in [0.3, 0.4) is 0 Å². The molecule has 0 saturated carbocycles. The summed E-state index contributed by atoms with van der Waals surface area (Å²) in [7, 11) is -2.81. The van der Waals surface area contributed by atoms with Crippen molar-refractivity contribution in [2.75, 3.05) is 0 Å². The van der Waals surface area contributed by atoms with Crippen LogP contribution in [0.25, 0.3) is 9.10 Å². The zero-order chi connectivity index (χ0) is 16.1. The van der Waals surface area contributed by atoms with Gasteiger partial charge in [-0.3, -0.25) is 18.5 Å². The van der Waals surface area contributed by atoms with E-state index in [1.165, 1.54) is 24.3 Å². The van der Waals surface area contributed by atoms with Crippen molar-refractivity contribution in [3.8, 4) is 0 Å². The van der Waals surface area contributed by atoms with Crippen LogP contribution in [0, 0.1) is 15.5 Å². The SMILES string of the molecule is N#[N+]c1cccc([N+](=O)[O-])c1.O=S1[N-]S(=O)c2ccccc21. The first-order chi connectivity index (χ1) is 10.5. The Kier molecular flexibility index (Phi) is 5.05. The summed E-state index contributed by atoms with van der Waals surface area (Å²) in [6.07, 6.45) is 0. The highest BCUT2D eigenvalue weighted by atomic mass is 32.3. The molecule has 112 valence electrons. The van der Waals surface area contributed by atoms with Gasteiger partial charge in [0.05, 0.1) is 4.92 Å². The molecular formula is C12H8N4O4S2. The molecule has 0 spiro atoms. The number of nitro benzene ring substituents is 1. The van der Waals surface area contributed by atoms with Crippen molar-refractivity contribution in [3.63, 3.8) is 0 Å². The van der Waals surface area contributed by atoms with Crippen LogP contribution in [0.4, 0.5) is 11.4 Å². The molecule has 1 heterocycles. The smallest absolute Gasteiger partial charge is 0.391 e. The Labute approximate surface area is 130 Å². The van der Waals surface area contributed by atoms with Crippen LogP contribution in [-0.4, -0.2) is 13.3 Å². The van der Waals surface area contributed by atoms with E-state index in [0.717, 1.165) is 0 Å². The van der Waals surface area contributed by atoms with Gasteiger partial charge in [0.2, 0.25) is 5.39 Å². The summed E-state index contributed by atoms with van der Waals surface area (Å²) in [6, 6.07) is 12.3. The Morgan fingerprint density at radius 1 is 1.05 bits per heavy atom. The fourth-order valence-corrected chi connectivity index (χ4v) is 3.98. The van der Waals surface area contributed by atoms with E-state index in [9.17, 15) is 18.5 Å².